The first-order chi connectivity index (χ1) is 14.4. The van der Waals surface area contributed by atoms with Crippen molar-refractivity contribution in [2.45, 2.75) is 153 Å². The summed E-state index contributed by atoms with van der Waals surface area (Å²) in [7, 11) is 0. The molecule has 180 valence electrons. The molecular weight excluding hydrogens is 360 g/mol. The Kier molecular flexibility index (Phi) is 22.9. The third kappa shape index (κ3) is 14.5. The van der Waals surface area contributed by atoms with E-state index in [-0.39, 0.29) is 0 Å². The molecule has 0 aromatic carbocycles. The molecule has 0 spiro atoms. The van der Waals surface area contributed by atoms with Crippen molar-refractivity contribution in [2.75, 3.05) is 0 Å². The van der Waals surface area contributed by atoms with Gasteiger partial charge in [0.1, 0.15) is 0 Å². The average molecular weight is 421 g/mol. The van der Waals surface area contributed by atoms with Gasteiger partial charge in [0.05, 0.1) is 0 Å². The molecule has 0 radical (unpaired) electrons. The third-order valence-corrected chi connectivity index (χ3v) is 7.10. The molecule has 0 nitrogen and oxygen atoms in total. The first-order valence-electron chi connectivity index (χ1n) is 13.7. The van der Waals surface area contributed by atoms with E-state index in [0.29, 0.717) is 0 Å². The molecule has 0 bridgehead atoms. The van der Waals surface area contributed by atoms with Gasteiger partial charge in [-0.1, -0.05) is 116 Å². The lowest BCUT2D eigenvalue weighted by Crippen LogP contribution is -2.14. The molecule has 0 heterocycles. The topological polar surface area (TPSA) is 0 Å². The maximum Gasteiger partial charge on any atom is -0.0201 e. The summed E-state index contributed by atoms with van der Waals surface area (Å²) in [6, 6.07) is 0. The van der Waals surface area contributed by atoms with Crippen LogP contribution in [0.4, 0.5) is 0 Å². The minimum atomic E-state index is 0.813. The van der Waals surface area contributed by atoms with Crippen LogP contribution in [0.5, 0.6) is 0 Å². The van der Waals surface area contributed by atoms with E-state index in [1.807, 2.05) is 13.8 Å². The lowest BCUT2D eigenvalue weighted by molar-refractivity contribution is 0.373. The molecule has 2 rings (SSSR count). The summed E-state index contributed by atoms with van der Waals surface area (Å²) in [6.45, 7) is 22.1. The van der Waals surface area contributed by atoms with Gasteiger partial charge in [-0.3, -0.25) is 0 Å². The van der Waals surface area contributed by atoms with Gasteiger partial charge in [-0.05, 0) is 77.6 Å². The van der Waals surface area contributed by atoms with E-state index in [1.54, 1.807) is 11.1 Å². The van der Waals surface area contributed by atoms with Crippen molar-refractivity contribution in [3.8, 4) is 0 Å². The molecule has 0 amide bonds. The maximum atomic E-state index is 2.38. The number of allylic oxidation sites excluding steroid dienone is 4. The summed E-state index contributed by atoms with van der Waals surface area (Å²) in [5.41, 5.74) is 4.93. The third-order valence-electron chi connectivity index (χ3n) is 7.10. The molecule has 1 unspecified atom stereocenters. The number of hydrogen-bond donors (Lipinski definition) is 0. The van der Waals surface area contributed by atoms with Gasteiger partial charge in [-0.25, -0.2) is 0 Å². The van der Waals surface area contributed by atoms with Crippen LogP contribution in [0.2, 0.25) is 0 Å². The van der Waals surface area contributed by atoms with Crippen molar-refractivity contribution in [1.82, 2.24) is 0 Å². The van der Waals surface area contributed by atoms with E-state index >= 15 is 0 Å². The molecule has 2 aliphatic rings. The minimum absolute atomic E-state index is 0.813. The summed E-state index contributed by atoms with van der Waals surface area (Å²) in [5, 5.41) is 0. The van der Waals surface area contributed by atoms with Crippen LogP contribution in [0, 0.1) is 17.8 Å². The largest absolute Gasteiger partial charge is 0.0879 e. The second-order valence-corrected chi connectivity index (χ2v) is 9.45. The van der Waals surface area contributed by atoms with Gasteiger partial charge in [-0.15, -0.1) is 0 Å². The molecule has 0 saturated heterocycles. The Morgan fingerprint density at radius 2 is 1.13 bits per heavy atom. The van der Waals surface area contributed by atoms with Crippen molar-refractivity contribution in [1.29, 1.82) is 0 Å². The maximum absolute atomic E-state index is 2.38. The molecule has 2 saturated carbocycles. The van der Waals surface area contributed by atoms with Crippen LogP contribution in [0.1, 0.15) is 153 Å². The quantitative estimate of drug-likeness (QED) is 0.388. The molecule has 0 N–H and O–H groups in total. The highest BCUT2D eigenvalue weighted by molar-refractivity contribution is 5.11. The fourth-order valence-electron chi connectivity index (χ4n) is 4.54. The second-order valence-electron chi connectivity index (χ2n) is 9.45. The Morgan fingerprint density at radius 1 is 0.733 bits per heavy atom. The van der Waals surface area contributed by atoms with Crippen LogP contribution in [-0.2, 0) is 0 Å². The smallest absolute Gasteiger partial charge is 0.0201 e. The average Bonchev–Trinajstić information content (AvgIpc) is 2.82. The van der Waals surface area contributed by atoms with Crippen LogP contribution in [-0.4, -0.2) is 0 Å². The zero-order valence-electron chi connectivity index (χ0n) is 23.0. The monoisotopic (exact) mass is 420 g/mol. The normalized spacial score (nSPS) is 18.5. The fraction of sp³-hybridized carbons (Fsp3) is 0.867. The van der Waals surface area contributed by atoms with E-state index in [2.05, 4.69) is 61.5 Å². The lowest BCUT2D eigenvalue weighted by Gasteiger charge is -2.27. The van der Waals surface area contributed by atoms with Gasteiger partial charge in [-0.2, -0.15) is 0 Å². The van der Waals surface area contributed by atoms with Crippen molar-refractivity contribution < 1.29 is 0 Å². The zero-order valence-corrected chi connectivity index (χ0v) is 23.0. The highest BCUT2D eigenvalue weighted by atomic mass is 14.3. The van der Waals surface area contributed by atoms with Gasteiger partial charge in [0.25, 0.3) is 0 Å². The standard InChI is InChI=1S/C13H24.C11H20.C4H10.C2H6/c1-4-11(3)13(5-2)12-9-7-6-8-10-12;1-9(2)10(3)11-7-5-4-6-8-11;1-3-4-2;1-2/h5,11-12H,4,6-10H2,1-3H3;11H,4-8H2,1-3H3;3-4H2,1-2H3;1-2H3/b13-5-;;;. The molecule has 0 aromatic heterocycles. The predicted molar refractivity (Wildman–Crippen MR) is 142 cm³/mol. The van der Waals surface area contributed by atoms with Crippen LogP contribution in [0.15, 0.2) is 22.8 Å². The molecule has 2 aliphatic carbocycles. The molecule has 0 aromatic rings. The SMILES string of the molecule is C/C=C(/C(C)CC)C1CCCCC1.CC.CC(C)=C(C)C1CCCCC1.CCCC. The van der Waals surface area contributed by atoms with Crippen LogP contribution >= 0.6 is 0 Å². The minimum Gasteiger partial charge on any atom is -0.0879 e. The van der Waals surface area contributed by atoms with Gasteiger partial charge in [0.15, 0.2) is 0 Å². The molecule has 1 atom stereocenters. The Labute approximate surface area is 193 Å². The molecule has 2 fully saturated rings. The Bertz CT molecular complexity index is 407. The molecule has 0 aliphatic heterocycles. The first-order valence-corrected chi connectivity index (χ1v) is 13.7. The Balaban J connectivity index is 0. The van der Waals surface area contributed by atoms with E-state index in [0.717, 1.165) is 17.8 Å². The van der Waals surface area contributed by atoms with E-state index < -0.39 is 0 Å². The van der Waals surface area contributed by atoms with E-state index in [1.165, 1.54) is 89.0 Å². The summed E-state index contributed by atoms with van der Waals surface area (Å²) in [6.07, 6.45) is 20.9. The van der Waals surface area contributed by atoms with Crippen molar-refractivity contribution in [2.24, 2.45) is 17.8 Å². The fourth-order valence-corrected chi connectivity index (χ4v) is 4.54. The van der Waals surface area contributed by atoms with Gasteiger partial charge in [0.2, 0.25) is 0 Å². The van der Waals surface area contributed by atoms with Gasteiger partial charge in [0, 0.05) is 0 Å². The van der Waals surface area contributed by atoms with Crippen molar-refractivity contribution in [3.63, 3.8) is 0 Å². The number of unbranched alkanes of at least 4 members (excludes halogenated alkanes) is 1. The molecule has 0 heteroatoms. The van der Waals surface area contributed by atoms with E-state index in [4.69, 9.17) is 0 Å². The second kappa shape index (κ2) is 21.7. The summed E-state index contributed by atoms with van der Waals surface area (Å²) in [5.74, 6) is 2.66. The van der Waals surface area contributed by atoms with Gasteiger partial charge < -0.3 is 0 Å². The summed E-state index contributed by atoms with van der Waals surface area (Å²) >= 11 is 0. The summed E-state index contributed by atoms with van der Waals surface area (Å²) < 4.78 is 0. The zero-order chi connectivity index (χ0) is 23.4. The lowest BCUT2D eigenvalue weighted by atomic mass is 9.78. The van der Waals surface area contributed by atoms with Crippen LogP contribution < -0.4 is 0 Å². The van der Waals surface area contributed by atoms with Crippen LogP contribution in [0.3, 0.4) is 0 Å². The molecule has 30 heavy (non-hydrogen) atoms. The number of rotatable bonds is 5. The van der Waals surface area contributed by atoms with Crippen LogP contribution in [0.25, 0.3) is 0 Å². The Morgan fingerprint density at radius 3 is 1.43 bits per heavy atom. The highest BCUT2D eigenvalue weighted by Crippen LogP contribution is 2.34. The number of hydrogen-bond acceptors (Lipinski definition) is 0. The van der Waals surface area contributed by atoms with Gasteiger partial charge >= 0.3 is 0 Å². The van der Waals surface area contributed by atoms with Crippen molar-refractivity contribution >= 4 is 0 Å². The van der Waals surface area contributed by atoms with Crippen molar-refractivity contribution in [3.05, 3.63) is 22.8 Å². The predicted octanol–water partition coefficient (Wildman–Crippen LogP) is 11.3. The highest BCUT2D eigenvalue weighted by Gasteiger charge is 2.20. The first kappa shape index (κ1) is 31.7. The van der Waals surface area contributed by atoms with E-state index in [9.17, 15) is 0 Å². The Hall–Kier alpha value is -0.520. The summed E-state index contributed by atoms with van der Waals surface area (Å²) in [4.78, 5) is 0. The molecular formula is C30H60.